The topological polar surface area (TPSA) is 106 Å². The molecule has 0 aromatic carbocycles. The molecule has 0 amide bonds. The number of rotatable bonds is 4. The molecule has 2 aromatic rings. The molecule has 0 radical (unpaired) electrons. The molecule has 0 aliphatic rings. The first-order chi connectivity index (χ1) is 8.15. The van der Waals surface area contributed by atoms with Crippen molar-refractivity contribution < 1.29 is 9.90 Å². The van der Waals surface area contributed by atoms with Crippen LogP contribution >= 0.6 is 0 Å². The standard InChI is InChI=1S/C9H10N6O2/c1-15-5-12-7(14-15)4-11-9-10-3-2-6(13-9)8(16)17/h2-3,5H,4H2,1H3,(H,16,17)(H,10,11,13). The van der Waals surface area contributed by atoms with Gasteiger partial charge in [0.05, 0.1) is 6.54 Å². The van der Waals surface area contributed by atoms with Crippen molar-refractivity contribution in [1.82, 2.24) is 24.7 Å². The monoisotopic (exact) mass is 234 g/mol. The second-order valence-electron chi connectivity index (χ2n) is 3.26. The summed E-state index contributed by atoms with van der Waals surface area (Å²) in [5, 5.41) is 15.7. The van der Waals surface area contributed by atoms with E-state index in [1.165, 1.54) is 12.3 Å². The minimum atomic E-state index is -1.09. The zero-order valence-corrected chi connectivity index (χ0v) is 9.03. The number of carboxylic acid groups (broad SMARTS) is 1. The van der Waals surface area contributed by atoms with E-state index in [0.29, 0.717) is 12.4 Å². The van der Waals surface area contributed by atoms with Crippen molar-refractivity contribution in [1.29, 1.82) is 0 Å². The van der Waals surface area contributed by atoms with Crippen LogP contribution in [0.4, 0.5) is 5.95 Å². The average Bonchev–Trinajstić information content (AvgIpc) is 2.73. The van der Waals surface area contributed by atoms with Crippen LogP contribution in [0.2, 0.25) is 0 Å². The van der Waals surface area contributed by atoms with Crippen LogP contribution in [0.1, 0.15) is 16.3 Å². The molecule has 0 fully saturated rings. The minimum absolute atomic E-state index is 0.0588. The van der Waals surface area contributed by atoms with Gasteiger partial charge in [-0.3, -0.25) is 4.68 Å². The highest BCUT2D eigenvalue weighted by molar-refractivity contribution is 5.85. The smallest absolute Gasteiger partial charge is 0.354 e. The van der Waals surface area contributed by atoms with E-state index in [2.05, 4.69) is 25.4 Å². The van der Waals surface area contributed by atoms with E-state index in [9.17, 15) is 4.79 Å². The van der Waals surface area contributed by atoms with Crippen LogP contribution in [0.5, 0.6) is 0 Å². The number of aryl methyl sites for hydroxylation is 1. The number of aromatic carboxylic acids is 1. The van der Waals surface area contributed by atoms with E-state index >= 15 is 0 Å². The lowest BCUT2D eigenvalue weighted by atomic mass is 10.4. The maximum Gasteiger partial charge on any atom is 0.354 e. The van der Waals surface area contributed by atoms with Crippen LogP contribution in [0, 0.1) is 0 Å². The van der Waals surface area contributed by atoms with Gasteiger partial charge in [-0.25, -0.2) is 19.7 Å². The molecule has 2 aromatic heterocycles. The van der Waals surface area contributed by atoms with Gasteiger partial charge >= 0.3 is 5.97 Å². The summed E-state index contributed by atoms with van der Waals surface area (Å²) >= 11 is 0. The summed E-state index contributed by atoms with van der Waals surface area (Å²) in [6.07, 6.45) is 2.95. The van der Waals surface area contributed by atoms with Gasteiger partial charge in [0, 0.05) is 13.2 Å². The Bertz CT molecular complexity index is 538. The Morgan fingerprint density at radius 1 is 1.53 bits per heavy atom. The molecule has 2 heterocycles. The fraction of sp³-hybridized carbons (Fsp3) is 0.222. The first kappa shape index (κ1) is 11.0. The van der Waals surface area contributed by atoms with E-state index in [1.807, 2.05) is 0 Å². The Balaban J connectivity index is 2.04. The Labute approximate surface area is 96.4 Å². The van der Waals surface area contributed by atoms with E-state index in [4.69, 9.17) is 5.11 Å². The third-order valence-corrected chi connectivity index (χ3v) is 1.93. The summed E-state index contributed by atoms with van der Waals surface area (Å²) in [7, 11) is 1.76. The van der Waals surface area contributed by atoms with Crippen molar-refractivity contribution in [2.75, 3.05) is 5.32 Å². The molecule has 0 bridgehead atoms. The number of nitrogens with one attached hydrogen (secondary N) is 1. The molecule has 2 N–H and O–H groups in total. The zero-order chi connectivity index (χ0) is 12.3. The van der Waals surface area contributed by atoms with Crippen molar-refractivity contribution in [2.24, 2.45) is 7.05 Å². The molecule has 0 aliphatic carbocycles. The van der Waals surface area contributed by atoms with Crippen LogP contribution in [-0.2, 0) is 13.6 Å². The van der Waals surface area contributed by atoms with Crippen LogP contribution in [0.25, 0.3) is 0 Å². The third-order valence-electron chi connectivity index (χ3n) is 1.93. The van der Waals surface area contributed by atoms with Crippen LogP contribution in [0.15, 0.2) is 18.6 Å². The molecule has 88 valence electrons. The Kier molecular flexibility index (Phi) is 2.95. The summed E-state index contributed by atoms with van der Waals surface area (Å²) in [5.41, 5.74) is -0.0588. The quantitative estimate of drug-likeness (QED) is 0.761. The van der Waals surface area contributed by atoms with E-state index < -0.39 is 5.97 Å². The summed E-state index contributed by atoms with van der Waals surface area (Å²) in [6.45, 7) is 0.337. The number of anilines is 1. The van der Waals surface area contributed by atoms with E-state index in [1.54, 1.807) is 18.1 Å². The molecule has 17 heavy (non-hydrogen) atoms. The largest absolute Gasteiger partial charge is 0.477 e. The molecular formula is C9H10N6O2. The Hall–Kier alpha value is -2.51. The number of nitrogens with zero attached hydrogens (tertiary/aromatic N) is 5. The maximum absolute atomic E-state index is 10.7. The van der Waals surface area contributed by atoms with Gasteiger partial charge in [-0.05, 0) is 6.07 Å². The summed E-state index contributed by atoms with van der Waals surface area (Å²) in [5.74, 6) is -0.277. The van der Waals surface area contributed by atoms with E-state index in [-0.39, 0.29) is 11.6 Å². The predicted octanol–water partition coefficient (Wildman–Crippen LogP) is -0.0846. The zero-order valence-electron chi connectivity index (χ0n) is 9.03. The Morgan fingerprint density at radius 3 is 3.00 bits per heavy atom. The van der Waals surface area contributed by atoms with Gasteiger partial charge in [0.2, 0.25) is 5.95 Å². The van der Waals surface area contributed by atoms with Gasteiger partial charge in [0.1, 0.15) is 6.33 Å². The van der Waals surface area contributed by atoms with E-state index in [0.717, 1.165) is 0 Å². The van der Waals surface area contributed by atoms with Gasteiger partial charge in [0.25, 0.3) is 0 Å². The number of aromatic nitrogens is 5. The first-order valence-corrected chi connectivity index (χ1v) is 4.80. The number of carbonyl (C=O) groups is 1. The second kappa shape index (κ2) is 4.56. The lowest BCUT2D eigenvalue weighted by Gasteiger charge is -2.01. The molecule has 0 unspecified atom stereocenters. The minimum Gasteiger partial charge on any atom is -0.477 e. The fourth-order valence-electron chi connectivity index (χ4n) is 1.19. The van der Waals surface area contributed by atoms with Crippen molar-refractivity contribution in [3.05, 3.63) is 30.1 Å². The average molecular weight is 234 g/mol. The van der Waals surface area contributed by atoms with Crippen molar-refractivity contribution in [3.63, 3.8) is 0 Å². The molecule has 0 saturated heterocycles. The maximum atomic E-state index is 10.7. The lowest BCUT2D eigenvalue weighted by molar-refractivity contribution is 0.0690. The molecule has 8 nitrogen and oxygen atoms in total. The highest BCUT2D eigenvalue weighted by Crippen LogP contribution is 2.01. The van der Waals surface area contributed by atoms with Gasteiger partial charge in [-0.15, -0.1) is 0 Å². The van der Waals surface area contributed by atoms with Crippen LogP contribution in [-0.4, -0.2) is 35.8 Å². The summed E-state index contributed by atoms with van der Waals surface area (Å²) in [6, 6.07) is 1.33. The molecule has 0 aliphatic heterocycles. The van der Waals surface area contributed by atoms with Crippen molar-refractivity contribution >= 4 is 11.9 Å². The van der Waals surface area contributed by atoms with Gasteiger partial charge in [0.15, 0.2) is 11.5 Å². The second-order valence-corrected chi connectivity index (χ2v) is 3.26. The highest BCUT2D eigenvalue weighted by Gasteiger charge is 2.06. The summed E-state index contributed by atoms with van der Waals surface area (Å²) < 4.78 is 1.57. The molecule has 0 spiro atoms. The number of carboxylic acids is 1. The van der Waals surface area contributed by atoms with Crippen LogP contribution in [0.3, 0.4) is 0 Å². The third kappa shape index (κ3) is 2.74. The number of hydrogen-bond donors (Lipinski definition) is 2. The summed E-state index contributed by atoms with van der Waals surface area (Å²) in [4.78, 5) is 22.4. The molecular weight excluding hydrogens is 224 g/mol. The normalized spacial score (nSPS) is 10.2. The molecule has 0 saturated carbocycles. The first-order valence-electron chi connectivity index (χ1n) is 4.80. The molecule has 2 rings (SSSR count). The van der Waals surface area contributed by atoms with Crippen LogP contribution < -0.4 is 5.32 Å². The SMILES string of the molecule is Cn1cnc(CNc2nccc(C(=O)O)n2)n1. The van der Waals surface area contributed by atoms with Gasteiger partial charge in [-0.1, -0.05) is 0 Å². The molecule has 0 atom stereocenters. The highest BCUT2D eigenvalue weighted by atomic mass is 16.4. The van der Waals surface area contributed by atoms with Crippen molar-refractivity contribution in [3.8, 4) is 0 Å². The molecule has 8 heteroatoms. The fourth-order valence-corrected chi connectivity index (χ4v) is 1.19. The van der Waals surface area contributed by atoms with Gasteiger partial charge in [-0.2, -0.15) is 5.10 Å². The predicted molar refractivity (Wildman–Crippen MR) is 57.3 cm³/mol. The Morgan fingerprint density at radius 2 is 2.35 bits per heavy atom. The number of hydrogen-bond acceptors (Lipinski definition) is 6. The van der Waals surface area contributed by atoms with Gasteiger partial charge < -0.3 is 10.4 Å². The van der Waals surface area contributed by atoms with Crippen molar-refractivity contribution in [2.45, 2.75) is 6.54 Å². The lowest BCUT2D eigenvalue weighted by Crippen LogP contribution is -2.08.